The molecule has 2 aromatic rings. The van der Waals surface area contributed by atoms with Gasteiger partial charge in [-0.1, -0.05) is 30.3 Å². The molecule has 5 heteroatoms. The number of benzene rings is 1. The van der Waals surface area contributed by atoms with Gasteiger partial charge in [0.1, 0.15) is 0 Å². The summed E-state index contributed by atoms with van der Waals surface area (Å²) >= 11 is 0. The van der Waals surface area contributed by atoms with E-state index in [0.717, 1.165) is 63.1 Å². The second-order valence-electron chi connectivity index (χ2n) is 6.76. The molecule has 3 heterocycles. The maximum atomic E-state index is 12.4. The van der Waals surface area contributed by atoms with Crippen LogP contribution < -0.4 is 0 Å². The van der Waals surface area contributed by atoms with Crippen LogP contribution in [0, 0.1) is 0 Å². The average molecular weight is 324 g/mol. The van der Waals surface area contributed by atoms with Gasteiger partial charge in [0, 0.05) is 49.4 Å². The van der Waals surface area contributed by atoms with E-state index in [9.17, 15) is 4.79 Å². The molecule has 1 aromatic heterocycles. The van der Waals surface area contributed by atoms with E-state index in [4.69, 9.17) is 0 Å². The number of carbonyl (C=O) groups excluding carboxylic acids is 1. The first-order valence-electron chi connectivity index (χ1n) is 8.93. The van der Waals surface area contributed by atoms with Crippen molar-refractivity contribution in [3.63, 3.8) is 0 Å². The molecular formula is C19H24N4O. The topological polar surface area (TPSA) is 52.2 Å². The summed E-state index contributed by atoms with van der Waals surface area (Å²) in [5.41, 5.74) is 4.78. The zero-order valence-electron chi connectivity index (χ0n) is 14.0. The lowest BCUT2D eigenvalue weighted by Gasteiger charge is -2.23. The Bertz CT molecular complexity index is 703. The molecule has 0 atom stereocenters. The summed E-state index contributed by atoms with van der Waals surface area (Å²) in [7, 11) is 0. The SMILES string of the molecule is O=C(CN1CCc2[nH]nc(-c3ccccc3)c2CC1)N1CCCC1. The van der Waals surface area contributed by atoms with Crippen LogP contribution in [0.15, 0.2) is 30.3 Å². The summed E-state index contributed by atoms with van der Waals surface area (Å²) in [5.74, 6) is 0.291. The Morgan fingerprint density at radius 1 is 1.04 bits per heavy atom. The minimum absolute atomic E-state index is 0.291. The molecule has 0 bridgehead atoms. The molecule has 0 unspecified atom stereocenters. The Hall–Kier alpha value is -2.14. The predicted octanol–water partition coefficient (Wildman–Crippen LogP) is 2.10. The maximum absolute atomic E-state index is 12.4. The molecule has 1 aromatic carbocycles. The predicted molar refractivity (Wildman–Crippen MR) is 93.7 cm³/mol. The van der Waals surface area contributed by atoms with Crippen LogP contribution in [0.2, 0.25) is 0 Å². The molecule has 126 valence electrons. The lowest BCUT2D eigenvalue weighted by molar-refractivity contribution is -0.131. The van der Waals surface area contributed by atoms with Crippen LogP contribution in [0.3, 0.4) is 0 Å². The molecule has 2 aliphatic heterocycles. The smallest absolute Gasteiger partial charge is 0.236 e. The van der Waals surface area contributed by atoms with Crippen LogP contribution in [0.5, 0.6) is 0 Å². The van der Waals surface area contributed by atoms with Gasteiger partial charge in [-0.05, 0) is 19.3 Å². The number of hydrogen-bond acceptors (Lipinski definition) is 3. The monoisotopic (exact) mass is 324 g/mol. The summed E-state index contributed by atoms with van der Waals surface area (Å²) in [6.07, 6.45) is 4.19. The molecule has 1 N–H and O–H groups in total. The minimum Gasteiger partial charge on any atom is -0.342 e. The van der Waals surface area contributed by atoms with Crippen LogP contribution >= 0.6 is 0 Å². The number of hydrogen-bond donors (Lipinski definition) is 1. The number of nitrogens with zero attached hydrogens (tertiary/aromatic N) is 3. The third-order valence-electron chi connectivity index (χ3n) is 5.17. The molecule has 1 amide bonds. The number of rotatable bonds is 3. The first kappa shape index (κ1) is 15.4. The second kappa shape index (κ2) is 6.77. The zero-order chi connectivity index (χ0) is 16.4. The zero-order valence-corrected chi connectivity index (χ0v) is 14.0. The Kier molecular flexibility index (Phi) is 4.34. The second-order valence-corrected chi connectivity index (χ2v) is 6.76. The van der Waals surface area contributed by atoms with Gasteiger partial charge >= 0.3 is 0 Å². The molecule has 0 saturated carbocycles. The van der Waals surface area contributed by atoms with E-state index in [1.165, 1.54) is 11.3 Å². The fourth-order valence-electron chi connectivity index (χ4n) is 3.78. The van der Waals surface area contributed by atoms with Crippen molar-refractivity contribution in [3.8, 4) is 11.3 Å². The highest BCUT2D eigenvalue weighted by Crippen LogP contribution is 2.26. The van der Waals surface area contributed by atoms with Gasteiger partial charge in [0.15, 0.2) is 0 Å². The molecule has 4 rings (SSSR count). The van der Waals surface area contributed by atoms with Crippen LogP contribution in [0.1, 0.15) is 24.1 Å². The van der Waals surface area contributed by atoms with Crippen LogP contribution in [0.25, 0.3) is 11.3 Å². The largest absolute Gasteiger partial charge is 0.342 e. The highest BCUT2D eigenvalue weighted by atomic mass is 16.2. The number of fused-ring (bicyclic) bond motifs is 1. The van der Waals surface area contributed by atoms with Crippen molar-refractivity contribution >= 4 is 5.91 Å². The molecule has 0 aliphatic carbocycles. The maximum Gasteiger partial charge on any atom is 0.236 e. The fraction of sp³-hybridized carbons (Fsp3) is 0.474. The number of aromatic amines is 1. The third kappa shape index (κ3) is 3.08. The quantitative estimate of drug-likeness (QED) is 0.941. The molecule has 0 radical (unpaired) electrons. The van der Waals surface area contributed by atoms with Crippen molar-refractivity contribution in [3.05, 3.63) is 41.6 Å². The highest BCUT2D eigenvalue weighted by molar-refractivity contribution is 5.78. The number of aromatic nitrogens is 2. The Balaban J connectivity index is 1.45. The van der Waals surface area contributed by atoms with Gasteiger partial charge in [0.2, 0.25) is 5.91 Å². The third-order valence-corrected chi connectivity index (χ3v) is 5.17. The number of likely N-dealkylation sites (tertiary alicyclic amines) is 1. The van der Waals surface area contributed by atoms with E-state index in [0.29, 0.717) is 12.5 Å². The van der Waals surface area contributed by atoms with Gasteiger partial charge in [-0.3, -0.25) is 14.8 Å². The van der Waals surface area contributed by atoms with Gasteiger partial charge in [-0.25, -0.2) is 0 Å². The number of H-pyrrole nitrogens is 1. The van der Waals surface area contributed by atoms with E-state index in [2.05, 4.69) is 27.2 Å². The number of amides is 1. The Labute approximate surface area is 142 Å². The summed E-state index contributed by atoms with van der Waals surface area (Å²) in [6, 6.07) is 10.3. The first-order chi connectivity index (χ1) is 11.8. The van der Waals surface area contributed by atoms with Gasteiger partial charge in [0.05, 0.1) is 12.2 Å². The normalized spacial score (nSPS) is 18.4. The van der Waals surface area contributed by atoms with Gasteiger partial charge in [-0.2, -0.15) is 5.10 Å². The van der Waals surface area contributed by atoms with E-state index in [1.807, 2.05) is 23.1 Å². The van der Waals surface area contributed by atoms with Crippen molar-refractivity contribution in [1.82, 2.24) is 20.0 Å². The summed E-state index contributed by atoms with van der Waals surface area (Å²) in [6.45, 7) is 4.27. The molecule has 0 spiro atoms. The van der Waals surface area contributed by atoms with Crippen LogP contribution in [-0.2, 0) is 17.6 Å². The summed E-state index contributed by atoms with van der Waals surface area (Å²) in [4.78, 5) is 16.7. The number of carbonyl (C=O) groups is 1. The van der Waals surface area contributed by atoms with Crippen LogP contribution in [0.4, 0.5) is 0 Å². The molecule has 24 heavy (non-hydrogen) atoms. The lowest BCUT2D eigenvalue weighted by atomic mass is 10.0. The number of nitrogens with one attached hydrogen (secondary N) is 1. The average Bonchev–Trinajstić information content (AvgIpc) is 3.24. The van der Waals surface area contributed by atoms with Crippen molar-refractivity contribution < 1.29 is 4.79 Å². The molecular weight excluding hydrogens is 300 g/mol. The van der Waals surface area contributed by atoms with Crippen molar-refractivity contribution in [2.75, 3.05) is 32.7 Å². The Morgan fingerprint density at radius 3 is 2.58 bits per heavy atom. The van der Waals surface area contributed by atoms with E-state index in [1.54, 1.807) is 0 Å². The summed E-state index contributed by atoms with van der Waals surface area (Å²) in [5, 5.41) is 7.76. The summed E-state index contributed by atoms with van der Waals surface area (Å²) < 4.78 is 0. The van der Waals surface area contributed by atoms with Gasteiger partial charge in [-0.15, -0.1) is 0 Å². The van der Waals surface area contributed by atoms with Gasteiger partial charge < -0.3 is 4.90 Å². The van der Waals surface area contributed by atoms with E-state index in [-0.39, 0.29) is 0 Å². The molecule has 5 nitrogen and oxygen atoms in total. The molecule has 1 fully saturated rings. The van der Waals surface area contributed by atoms with Crippen molar-refractivity contribution in [2.24, 2.45) is 0 Å². The van der Waals surface area contributed by atoms with Gasteiger partial charge in [0.25, 0.3) is 0 Å². The van der Waals surface area contributed by atoms with E-state index < -0.39 is 0 Å². The van der Waals surface area contributed by atoms with Crippen LogP contribution in [-0.4, -0.2) is 58.6 Å². The van der Waals surface area contributed by atoms with E-state index >= 15 is 0 Å². The Morgan fingerprint density at radius 2 is 1.79 bits per heavy atom. The minimum atomic E-state index is 0.291. The van der Waals surface area contributed by atoms with Crippen molar-refractivity contribution in [2.45, 2.75) is 25.7 Å². The molecule has 1 saturated heterocycles. The lowest BCUT2D eigenvalue weighted by Crippen LogP contribution is -2.40. The highest BCUT2D eigenvalue weighted by Gasteiger charge is 2.24. The van der Waals surface area contributed by atoms with Crippen molar-refractivity contribution in [1.29, 1.82) is 0 Å². The standard InChI is InChI=1S/C19H24N4O/c24-18(23-10-4-5-11-23)14-22-12-8-16-17(9-13-22)20-21-19(16)15-6-2-1-3-7-15/h1-3,6-7H,4-5,8-14H2,(H,20,21). The molecule has 2 aliphatic rings. The fourth-order valence-corrected chi connectivity index (χ4v) is 3.78. The first-order valence-corrected chi connectivity index (χ1v) is 8.93.